The Kier molecular flexibility index (Phi) is 6.57. The first kappa shape index (κ1) is 15.1. The Balaban J connectivity index is 2.11. The van der Waals surface area contributed by atoms with Gasteiger partial charge in [0.05, 0.1) is 6.42 Å². The zero-order chi connectivity index (χ0) is 14.1. The van der Waals surface area contributed by atoms with Gasteiger partial charge in [0.2, 0.25) is 11.8 Å². The van der Waals surface area contributed by atoms with Crippen molar-refractivity contribution in [2.24, 2.45) is 0 Å². The molecular formula is C14H22N3O2+. The molecular weight excluding hydrogens is 242 g/mol. The van der Waals surface area contributed by atoms with Crippen LogP contribution in [0.2, 0.25) is 0 Å². The number of aromatic nitrogens is 1. The highest BCUT2D eigenvalue weighted by molar-refractivity contribution is 5.75. The number of pyridine rings is 1. The molecule has 2 N–H and O–H groups in total. The molecule has 5 heteroatoms. The smallest absolute Gasteiger partial charge is 0.226 e. The minimum absolute atomic E-state index is 0.0379. The van der Waals surface area contributed by atoms with Crippen LogP contribution in [0.25, 0.3) is 0 Å². The monoisotopic (exact) mass is 264 g/mol. The molecule has 0 unspecified atom stereocenters. The van der Waals surface area contributed by atoms with Crippen molar-refractivity contribution in [3.8, 4) is 0 Å². The zero-order valence-corrected chi connectivity index (χ0v) is 11.6. The van der Waals surface area contributed by atoms with Crippen molar-refractivity contribution in [2.45, 2.75) is 33.2 Å². The van der Waals surface area contributed by atoms with Crippen molar-refractivity contribution in [3.63, 3.8) is 0 Å². The Morgan fingerprint density at radius 2 is 1.79 bits per heavy atom. The van der Waals surface area contributed by atoms with Gasteiger partial charge in [-0.05, 0) is 18.9 Å². The van der Waals surface area contributed by atoms with Gasteiger partial charge in [-0.1, -0.05) is 0 Å². The van der Waals surface area contributed by atoms with E-state index in [1.807, 2.05) is 36.0 Å². The largest absolute Gasteiger partial charge is 0.356 e. The molecule has 0 atom stereocenters. The van der Waals surface area contributed by atoms with Gasteiger partial charge in [0.15, 0.2) is 18.9 Å². The predicted molar refractivity (Wildman–Crippen MR) is 72.3 cm³/mol. The maximum Gasteiger partial charge on any atom is 0.226 e. The van der Waals surface area contributed by atoms with Crippen LogP contribution < -0.4 is 15.2 Å². The van der Waals surface area contributed by atoms with Crippen LogP contribution in [0, 0.1) is 6.92 Å². The van der Waals surface area contributed by atoms with Gasteiger partial charge < -0.3 is 10.6 Å². The molecule has 0 saturated heterocycles. The van der Waals surface area contributed by atoms with Crippen molar-refractivity contribution in [3.05, 3.63) is 30.1 Å². The van der Waals surface area contributed by atoms with Crippen LogP contribution in [0.1, 0.15) is 25.3 Å². The van der Waals surface area contributed by atoms with Crippen LogP contribution in [-0.2, 0) is 16.1 Å². The topological polar surface area (TPSA) is 62.1 Å². The van der Waals surface area contributed by atoms with E-state index in [1.54, 1.807) is 0 Å². The second-order valence-electron chi connectivity index (χ2n) is 4.55. The van der Waals surface area contributed by atoms with E-state index in [1.165, 1.54) is 12.5 Å². The summed E-state index contributed by atoms with van der Waals surface area (Å²) in [5.74, 6) is -0.00185. The van der Waals surface area contributed by atoms with Gasteiger partial charge >= 0.3 is 0 Å². The lowest BCUT2D eigenvalue weighted by molar-refractivity contribution is -0.695. The van der Waals surface area contributed by atoms with Crippen LogP contribution >= 0.6 is 0 Å². The van der Waals surface area contributed by atoms with E-state index in [0.29, 0.717) is 26.1 Å². The number of amides is 2. The molecule has 0 aliphatic carbocycles. The van der Waals surface area contributed by atoms with Gasteiger partial charge in [-0.15, -0.1) is 0 Å². The summed E-state index contributed by atoms with van der Waals surface area (Å²) in [6.45, 7) is 5.39. The van der Waals surface area contributed by atoms with Crippen molar-refractivity contribution < 1.29 is 14.2 Å². The number of hydrogen-bond acceptors (Lipinski definition) is 2. The molecule has 1 rings (SSSR count). The number of rotatable bonds is 7. The van der Waals surface area contributed by atoms with Crippen molar-refractivity contribution in [1.29, 1.82) is 0 Å². The number of carbonyl (C=O) groups is 2. The highest BCUT2D eigenvalue weighted by atomic mass is 16.2. The van der Waals surface area contributed by atoms with Gasteiger partial charge in [0.1, 0.15) is 0 Å². The third-order valence-electron chi connectivity index (χ3n) is 2.70. The molecule has 19 heavy (non-hydrogen) atoms. The molecule has 0 aliphatic heterocycles. The van der Waals surface area contributed by atoms with E-state index >= 15 is 0 Å². The molecule has 1 aromatic heterocycles. The molecule has 1 aromatic rings. The molecule has 0 aliphatic rings. The maximum absolute atomic E-state index is 11.6. The van der Waals surface area contributed by atoms with Crippen LogP contribution in [0.3, 0.4) is 0 Å². The SMILES string of the molecule is CC(=O)NCCCNC(=O)CC[n+]1ccc(C)cc1. The molecule has 1 heterocycles. The fourth-order valence-corrected chi connectivity index (χ4v) is 1.58. The van der Waals surface area contributed by atoms with Gasteiger partial charge in [-0.3, -0.25) is 9.59 Å². The van der Waals surface area contributed by atoms with Gasteiger partial charge in [-0.25, -0.2) is 4.57 Å². The van der Waals surface area contributed by atoms with Crippen molar-refractivity contribution in [1.82, 2.24) is 10.6 Å². The van der Waals surface area contributed by atoms with E-state index in [9.17, 15) is 9.59 Å². The van der Waals surface area contributed by atoms with Gasteiger partial charge in [-0.2, -0.15) is 0 Å². The van der Waals surface area contributed by atoms with Gasteiger partial charge in [0, 0.05) is 32.1 Å². The van der Waals surface area contributed by atoms with E-state index in [0.717, 1.165) is 6.42 Å². The average Bonchev–Trinajstić information content (AvgIpc) is 2.37. The Labute approximate surface area is 114 Å². The molecule has 0 radical (unpaired) electrons. The number of carbonyl (C=O) groups excluding carboxylic acids is 2. The van der Waals surface area contributed by atoms with Crippen LogP contribution in [-0.4, -0.2) is 24.9 Å². The molecule has 104 valence electrons. The Morgan fingerprint density at radius 3 is 2.42 bits per heavy atom. The van der Waals surface area contributed by atoms with Crippen LogP contribution in [0.4, 0.5) is 0 Å². The highest BCUT2D eigenvalue weighted by Crippen LogP contribution is 1.90. The molecule has 0 bridgehead atoms. The zero-order valence-electron chi connectivity index (χ0n) is 11.6. The summed E-state index contributed by atoms with van der Waals surface area (Å²) in [4.78, 5) is 22.2. The molecule has 0 aromatic carbocycles. The van der Waals surface area contributed by atoms with Crippen molar-refractivity contribution in [2.75, 3.05) is 13.1 Å². The Morgan fingerprint density at radius 1 is 1.16 bits per heavy atom. The lowest BCUT2D eigenvalue weighted by Crippen LogP contribution is -2.36. The van der Waals surface area contributed by atoms with E-state index in [4.69, 9.17) is 0 Å². The number of hydrogen-bond donors (Lipinski definition) is 2. The third-order valence-corrected chi connectivity index (χ3v) is 2.70. The quantitative estimate of drug-likeness (QED) is 0.550. The summed E-state index contributed by atoms with van der Waals surface area (Å²) in [7, 11) is 0. The summed E-state index contributed by atoms with van der Waals surface area (Å²) < 4.78 is 1.99. The molecule has 0 spiro atoms. The standard InChI is InChI=1S/C14H21N3O2/c1-12-4-9-17(10-5-12)11-6-14(19)16-8-3-7-15-13(2)18/h4-5,9-10H,3,6-8,11H2,1-2H3,(H-,15,16,18,19)/p+1. The molecule has 2 amide bonds. The first-order valence-electron chi connectivity index (χ1n) is 6.55. The molecule has 5 nitrogen and oxygen atoms in total. The van der Waals surface area contributed by atoms with E-state index < -0.39 is 0 Å². The lowest BCUT2D eigenvalue weighted by atomic mass is 10.3. The summed E-state index contributed by atoms with van der Waals surface area (Å²) in [5.41, 5.74) is 1.21. The normalized spacial score (nSPS) is 10.0. The minimum Gasteiger partial charge on any atom is -0.356 e. The Bertz CT molecular complexity index is 415. The second-order valence-corrected chi connectivity index (χ2v) is 4.55. The van der Waals surface area contributed by atoms with E-state index in [-0.39, 0.29) is 11.8 Å². The second kappa shape index (κ2) is 8.24. The maximum atomic E-state index is 11.6. The lowest BCUT2D eigenvalue weighted by Gasteiger charge is -2.04. The number of aryl methyl sites for hydroxylation is 2. The number of nitrogens with one attached hydrogen (secondary N) is 2. The third kappa shape index (κ3) is 7.18. The van der Waals surface area contributed by atoms with Crippen molar-refractivity contribution >= 4 is 11.8 Å². The number of nitrogens with zero attached hydrogens (tertiary/aromatic N) is 1. The molecule has 0 fully saturated rings. The first-order chi connectivity index (χ1) is 9.08. The summed E-state index contributed by atoms with van der Waals surface area (Å²) >= 11 is 0. The summed E-state index contributed by atoms with van der Waals surface area (Å²) in [5, 5.41) is 5.52. The molecule has 0 saturated carbocycles. The fraction of sp³-hybridized carbons (Fsp3) is 0.500. The summed E-state index contributed by atoms with van der Waals surface area (Å²) in [6, 6.07) is 4.04. The van der Waals surface area contributed by atoms with E-state index in [2.05, 4.69) is 10.6 Å². The predicted octanol–water partition coefficient (Wildman–Crippen LogP) is 0.315. The van der Waals surface area contributed by atoms with Crippen LogP contribution in [0.5, 0.6) is 0 Å². The fourth-order valence-electron chi connectivity index (χ4n) is 1.58. The highest BCUT2D eigenvalue weighted by Gasteiger charge is 2.05. The summed E-state index contributed by atoms with van der Waals surface area (Å²) in [6.07, 6.45) is 5.16. The minimum atomic E-state index is -0.0397. The Hall–Kier alpha value is -1.91. The average molecular weight is 264 g/mol. The first-order valence-corrected chi connectivity index (χ1v) is 6.55. The van der Waals surface area contributed by atoms with Gasteiger partial charge in [0.25, 0.3) is 0 Å². The van der Waals surface area contributed by atoms with Crippen LogP contribution in [0.15, 0.2) is 24.5 Å².